The molecule has 1 aromatic carbocycles. The number of fused-ring (bicyclic) bond motifs is 2. The summed E-state index contributed by atoms with van der Waals surface area (Å²) in [6, 6.07) is 3.93. The molecule has 2 aliphatic heterocycles. The van der Waals surface area contributed by atoms with Crippen LogP contribution >= 0.6 is 0 Å². The predicted molar refractivity (Wildman–Crippen MR) is 157 cm³/mol. The topological polar surface area (TPSA) is 78.5 Å². The summed E-state index contributed by atoms with van der Waals surface area (Å²) in [5.74, 6) is 2.00. The second-order valence-corrected chi connectivity index (χ2v) is 12.2. The number of aryl methyl sites for hydroxylation is 1. The van der Waals surface area contributed by atoms with Crippen LogP contribution in [0.3, 0.4) is 0 Å². The summed E-state index contributed by atoms with van der Waals surface area (Å²) in [6.45, 7) is 3.92. The van der Waals surface area contributed by atoms with Crippen LogP contribution in [0.4, 0.5) is 16.2 Å². The molecule has 0 bridgehead atoms. The number of aromatic nitrogens is 2. The molecular weight excluding hydrogens is 507 g/mol. The van der Waals surface area contributed by atoms with E-state index in [0.29, 0.717) is 69.0 Å². The molecule has 0 radical (unpaired) electrons. The van der Waals surface area contributed by atoms with Gasteiger partial charge in [0.15, 0.2) is 0 Å². The van der Waals surface area contributed by atoms with E-state index in [4.69, 9.17) is 9.72 Å². The van der Waals surface area contributed by atoms with E-state index in [2.05, 4.69) is 18.0 Å². The third kappa shape index (κ3) is 6.59. The summed E-state index contributed by atoms with van der Waals surface area (Å²) in [6.07, 6.45) is 10.6. The summed E-state index contributed by atoms with van der Waals surface area (Å²) in [5, 5.41) is 0. The minimum atomic E-state index is -0.153. The first-order valence-corrected chi connectivity index (χ1v) is 15.3. The number of ketones is 1. The lowest BCUT2D eigenvalue weighted by Crippen LogP contribution is -2.36. The van der Waals surface area contributed by atoms with E-state index in [0.717, 1.165) is 60.9 Å². The van der Waals surface area contributed by atoms with Gasteiger partial charge in [-0.2, -0.15) is 4.98 Å². The van der Waals surface area contributed by atoms with Gasteiger partial charge in [-0.25, -0.2) is 4.39 Å². The number of nitrogens with zero attached hydrogens (tertiary/aromatic N) is 3. The predicted octanol–water partition coefficient (Wildman–Crippen LogP) is 5.33. The van der Waals surface area contributed by atoms with Crippen LogP contribution in [0.5, 0.6) is 0 Å². The average Bonchev–Trinajstić information content (AvgIpc) is 2.98. The Labute approximate surface area is 237 Å². The zero-order valence-electron chi connectivity index (χ0n) is 24.4. The highest BCUT2D eigenvalue weighted by molar-refractivity contribution is 5.79. The molecule has 1 saturated carbocycles. The van der Waals surface area contributed by atoms with Crippen molar-refractivity contribution in [1.29, 1.82) is 0 Å². The maximum atomic E-state index is 15.8. The van der Waals surface area contributed by atoms with Gasteiger partial charge in [-0.3, -0.25) is 14.6 Å². The van der Waals surface area contributed by atoms with Crippen LogP contribution in [0.25, 0.3) is 0 Å². The summed E-state index contributed by atoms with van der Waals surface area (Å²) < 4.78 is 21.3. The number of nitrogens with one attached hydrogen (secondary N) is 1. The number of carbonyl (C=O) groups excluding carboxylic acids is 1. The van der Waals surface area contributed by atoms with Crippen LogP contribution in [0.15, 0.2) is 16.9 Å². The average molecular weight is 553 g/mol. The van der Waals surface area contributed by atoms with E-state index in [9.17, 15) is 9.59 Å². The Balaban J connectivity index is 1.37. The first-order valence-electron chi connectivity index (χ1n) is 15.3. The van der Waals surface area contributed by atoms with Crippen molar-refractivity contribution < 1.29 is 13.9 Å². The fourth-order valence-electron chi connectivity index (χ4n) is 6.84. The van der Waals surface area contributed by atoms with Gasteiger partial charge >= 0.3 is 0 Å². The molecule has 7 nitrogen and oxygen atoms in total. The fourth-order valence-corrected chi connectivity index (χ4v) is 6.84. The van der Waals surface area contributed by atoms with Crippen molar-refractivity contribution in [3.63, 3.8) is 0 Å². The highest BCUT2D eigenvalue weighted by atomic mass is 19.1. The molecule has 1 aliphatic carbocycles. The van der Waals surface area contributed by atoms with Gasteiger partial charge in [0.1, 0.15) is 17.4 Å². The van der Waals surface area contributed by atoms with Crippen LogP contribution in [-0.4, -0.2) is 55.6 Å². The summed E-state index contributed by atoms with van der Waals surface area (Å²) in [4.78, 5) is 37.6. The SMILES string of the molecule is COC1CCC(CCc2cc(F)c3c(c2)C(C)CCC(=O)CCN(c2nc4c(c(=O)[nH]2)CCCN4C)CC3)CC1. The molecular formula is C32H45FN4O3. The second-order valence-electron chi connectivity index (χ2n) is 12.2. The van der Waals surface area contributed by atoms with Crippen molar-refractivity contribution >= 4 is 17.5 Å². The molecule has 1 unspecified atom stereocenters. The Morgan fingerprint density at radius 3 is 2.55 bits per heavy atom. The number of hydrogen-bond acceptors (Lipinski definition) is 6. The van der Waals surface area contributed by atoms with Crippen LogP contribution in [-0.2, 0) is 28.8 Å². The lowest BCUT2D eigenvalue weighted by Gasteiger charge is -2.29. The van der Waals surface area contributed by atoms with Crippen molar-refractivity contribution in [2.45, 2.75) is 96.0 Å². The Morgan fingerprint density at radius 2 is 1.77 bits per heavy atom. The van der Waals surface area contributed by atoms with Crippen LogP contribution in [0, 0.1) is 11.7 Å². The van der Waals surface area contributed by atoms with E-state index in [-0.39, 0.29) is 23.1 Å². The molecule has 40 heavy (non-hydrogen) atoms. The van der Waals surface area contributed by atoms with E-state index >= 15 is 4.39 Å². The number of methoxy groups -OCH3 is 1. The van der Waals surface area contributed by atoms with Gasteiger partial charge in [0.25, 0.3) is 5.56 Å². The van der Waals surface area contributed by atoms with Gasteiger partial charge in [0.2, 0.25) is 5.95 Å². The number of H-pyrrole nitrogens is 1. The van der Waals surface area contributed by atoms with E-state index in [1.807, 2.05) is 16.8 Å². The van der Waals surface area contributed by atoms with E-state index < -0.39 is 0 Å². The summed E-state index contributed by atoms with van der Waals surface area (Å²) in [7, 11) is 3.76. The molecule has 8 heteroatoms. The Bertz CT molecular complexity index is 1250. The van der Waals surface area contributed by atoms with Gasteiger partial charge in [0, 0.05) is 46.6 Å². The zero-order chi connectivity index (χ0) is 28.2. The molecule has 1 fully saturated rings. The van der Waals surface area contributed by atoms with Crippen molar-refractivity contribution in [1.82, 2.24) is 9.97 Å². The highest BCUT2D eigenvalue weighted by Crippen LogP contribution is 2.33. The number of anilines is 2. The Kier molecular flexibility index (Phi) is 9.24. The maximum Gasteiger partial charge on any atom is 0.257 e. The van der Waals surface area contributed by atoms with Crippen molar-refractivity contribution in [2.75, 3.05) is 43.6 Å². The standard InChI is InChI=1S/C32H45FN4O3/c1-21-6-11-24(38)14-17-37(32-34-30-27(31(39)35-32)5-4-16-36(30)2)18-15-26-28(21)19-23(20-29(26)33)8-7-22-9-12-25(40-3)13-10-22/h19-22,25H,4-18H2,1-3H3,(H,34,35,39). The number of ether oxygens (including phenoxy) is 1. The van der Waals surface area contributed by atoms with Gasteiger partial charge in [-0.05, 0) is 98.8 Å². The Hall–Kier alpha value is -2.74. The number of halogens is 1. The third-order valence-corrected chi connectivity index (χ3v) is 9.50. The minimum absolute atomic E-state index is 0.104. The van der Waals surface area contributed by atoms with Crippen LogP contribution < -0.4 is 15.4 Å². The van der Waals surface area contributed by atoms with Gasteiger partial charge < -0.3 is 14.5 Å². The largest absolute Gasteiger partial charge is 0.381 e. The third-order valence-electron chi connectivity index (χ3n) is 9.50. The number of Topliss-reactive ketones (excluding diaryl/α,β-unsaturated/α-hetero) is 1. The normalized spacial score (nSPS) is 24.3. The number of carbonyl (C=O) groups is 1. The maximum absolute atomic E-state index is 15.8. The second kappa shape index (κ2) is 12.8. The number of rotatable bonds is 5. The first-order chi connectivity index (χ1) is 19.3. The smallest absolute Gasteiger partial charge is 0.257 e. The van der Waals surface area contributed by atoms with Crippen molar-refractivity contribution in [3.8, 4) is 0 Å². The molecule has 0 spiro atoms. The molecule has 1 atom stereocenters. The summed E-state index contributed by atoms with van der Waals surface area (Å²) in [5.41, 5.74) is 3.41. The Morgan fingerprint density at radius 1 is 1.00 bits per heavy atom. The van der Waals surface area contributed by atoms with Crippen LogP contribution in [0.1, 0.15) is 92.9 Å². The molecule has 218 valence electrons. The zero-order valence-corrected chi connectivity index (χ0v) is 24.4. The minimum Gasteiger partial charge on any atom is -0.381 e. The number of aromatic amines is 1. The summed E-state index contributed by atoms with van der Waals surface area (Å²) >= 11 is 0. The highest BCUT2D eigenvalue weighted by Gasteiger charge is 2.25. The molecule has 2 aromatic rings. The molecule has 1 aromatic heterocycles. The lowest BCUT2D eigenvalue weighted by atomic mass is 9.82. The molecule has 0 amide bonds. The lowest BCUT2D eigenvalue weighted by molar-refractivity contribution is -0.119. The van der Waals surface area contributed by atoms with Gasteiger partial charge in [0.05, 0.1) is 11.7 Å². The fraction of sp³-hybridized carbons (Fsp3) is 0.656. The molecule has 5 rings (SSSR count). The van der Waals surface area contributed by atoms with E-state index in [1.165, 1.54) is 12.8 Å². The monoisotopic (exact) mass is 552 g/mol. The number of benzene rings is 1. The molecule has 0 saturated heterocycles. The molecule has 3 aliphatic rings. The van der Waals surface area contributed by atoms with Crippen molar-refractivity contribution in [3.05, 3.63) is 50.6 Å². The quantitative estimate of drug-likeness (QED) is 0.540. The molecule has 3 heterocycles. The first kappa shape index (κ1) is 28.8. The van der Waals surface area contributed by atoms with Crippen molar-refractivity contribution in [2.24, 2.45) is 5.92 Å². The van der Waals surface area contributed by atoms with Gasteiger partial charge in [-0.1, -0.05) is 13.0 Å². The number of hydrogen-bond donors (Lipinski definition) is 1. The van der Waals surface area contributed by atoms with Crippen LogP contribution in [0.2, 0.25) is 0 Å². The van der Waals surface area contributed by atoms with Gasteiger partial charge in [-0.15, -0.1) is 0 Å². The molecule has 1 N–H and O–H groups in total. The van der Waals surface area contributed by atoms with E-state index in [1.54, 1.807) is 13.2 Å².